The van der Waals surface area contributed by atoms with Crippen LogP contribution in [0.1, 0.15) is 10.4 Å². The zero-order valence-corrected chi connectivity index (χ0v) is 18.4. The first-order chi connectivity index (χ1) is 14.1. The van der Waals surface area contributed by atoms with Crippen LogP contribution in [0.25, 0.3) is 0 Å². The van der Waals surface area contributed by atoms with E-state index in [9.17, 15) is 18.0 Å². The molecule has 162 valence electrons. The molecule has 0 spiro atoms. The molecule has 0 aliphatic carbocycles. The van der Waals surface area contributed by atoms with Crippen molar-refractivity contribution in [3.05, 3.63) is 45.9 Å². The van der Waals surface area contributed by atoms with Gasteiger partial charge in [-0.25, -0.2) is 8.42 Å². The van der Waals surface area contributed by atoms with Gasteiger partial charge in [-0.05, 0) is 24.3 Å². The van der Waals surface area contributed by atoms with Crippen LogP contribution in [0.15, 0.2) is 35.2 Å². The van der Waals surface area contributed by atoms with E-state index >= 15 is 0 Å². The van der Waals surface area contributed by atoms with Gasteiger partial charge in [-0.15, -0.1) is 0 Å². The number of anilines is 1. The number of carbonyl (C=O) groups excluding carboxylic acids is 2. The molecule has 0 aliphatic heterocycles. The third-order valence-corrected chi connectivity index (χ3v) is 5.82. The van der Waals surface area contributed by atoms with Gasteiger partial charge in [0.25, 0.3) is 15.9 Å². The monoisotopic (exact) mass is 476 g/mol. The molecule has 2 aromatic rings. The minimum Gasteiger partial charge on any atom is -0.495 e. The van der Waals surface area contributed by atoms with Gasteiger partial charge in [0.05, 0.1) is 47.5 Å². The normalized spacial score (nSPS) is 10.8. The lowest BCUT2D eigenvalue weighted by atomic mass is 10.2. The third kappa shape index (κ3) is 5.47. The zero-order chi connectivity index (χ0) is 22.5. The molecule has 30 heavy (non-hydrogen) atoms. The molecular formula is C18H18Cl2N2O7S. The van der Waals surface area contributed by atoms with E-state index in [4.69, 9.17) is 32.7 Å². The van der Waals surface area contributed by atoms with Gasteiger partial charge in [-0.2, -0.15) is 0 Å². The molecule has 0 fully saturated rings. The van der Waals surface area contributed by atoms with Crippen molar-refractivity contribution in [1.29, 1.82) is 0 Å². The standard InChI is InChI=1S/C18H18Cl2N2O7S/c1-27-15-8-16(28-2)14(7-13(15)20)22-30(25,26)10-4-5-12(19)11(6-10)18(24)21-9-17(23)29-3/h4-8,22H,9H2,1-3H3,(H,21,24). The molecule has 9 nitrogen and oxygen atoms in total. The Morgan fingerprint density at radius 3 is 2.23 bits per heavy atom. The van der Waals surface area contributed by atoms with Crippen molar-refractivity contribution in [2.24, 2.45) is 0 Å². The summed E-state index contributed by atoms with van der Waals surface area (Å²) in [5.74, 6) is -0.946. The Labute approximate surface area is 183 Å². The molecule has 2 aromatic carbocycles. The topological polar surface area (TPSA) is 120 Å². The molecule has 0 saturated carbocycles. The SMILES string of the molecule is COC(=O)CNC(=O)c1cc(S(=O)(=O)Nc2cc(Cl)c(OC)cc2OC)ccc1Cl. The number of methoxy groups -OCH3 is 3. The van der Waals surface area contributed by atoms with Gasteiger partial charge in [-0.3, -0.25) is 14.3 Å². The fourth-order valence-corrected chi connectivity index (χ4v) is 3.84. The molecule has 1 amide bonds. The van der Waals surface area contributed by atoms with Gasteiger partial charge in [0.15, 0.2) is 0 Å². The lowest BCUT2D eigenvalue weighted by molar-refractivity contribution is -0.139. The van der Waals surface area contributed by atoms with Crippen LogP contribution < -0.4 is 19.5 Å². The van der Waals surface area contributed by atoms with Gasteiger partial charge in [0, 0.05) is 6.07 Å². The first-order valence-corrected chi connectivity index (χ1v) is 10.5. The second-order valence-corrected chi connectivity index (χ2v) is 8.19. The highest BCUT2D eigenvalue weighted by atomic mass is 35.5. The Kier molecular flexibility index (Phi) is 7.77. The number of nitrogens with one attached hydrogen (secondary N) is 2. The fraction of sp³-hybridized carbons (Fsp3) is 0.222. The highest BCUT2D eigenvalue weighted by Gasteiger charge is 2.22. The van der Waals surface area contributed by atoms with Crippen molar-refractivity contribution in [1.82, 2.24) is 5.32 Å². The molecule has 0 atom stereocenters. The van der Waals surface area contributed by atoms with Crippen LogP contribution in [0, 0.1) is 0 Å². The maximum Gasteiger partial charge on any atom is 0.325 e. The zero-order valence-electron chi connectivity index (χ0n) is 16.1. The number of rotatable bonds is 8. The number of hydrogen-bond donors (Lipinski definition) is 2. The first kappa shape index (κ1) is 23.6. The van der Waals surface area contributed by atoms with Gasteiger partial charge in [-0.1, -0.05) is 23.2 Å². The van der Waals surface area contributed by atoms with Crippen molar-refractivity contribution in [2.45, 2.75) is 4.90 Å². The summed E-state index contributed by atoms with van der Waals surface area (Å²) in [6, 6.07) is 6.31. The molecule has 0 heterocycles. The summed E-state index contributed by atoms with van der Waals surface area (Å²) in [5.41, 5.74) is -0.0712. The average Bonchev–Trinajstić information content (AvgIpc) is 2.71. The van der Waals surface area contributed by atoms with E-state index in [0.717, 1.165) is 6.07 Å². The van der Waals surface area contributed by atoms with Crippen molar-refractivity contribution in [3.8, 4) is 11.5 Å². The molecule has 0 aliphatic rings. The smallest absolute Gasteiger partial charge is 0.325 e. The van der Waals surface area contributed by atoms with E-state index in [2.05, 4.69) is 14.8 Å². The Morgan fingerprint density at radius 1 is 0.967 bits per heavy atom. The maximum absolute atomic E-state index is 12.8. The van der Waals surface area contributed by atoms with Crippen LogP contribution in [-0.4, -0.2) is 48.2 Å². The summed E-state index contributed by atoms with van der Waals surface area (Å²) < 4.78 is 42.7. The summed E-state index contributed by atoms with van der Waals surface area (Å²) in [4.78, 5) is 23.2. The summed E-state index contributed by atoms with van der Waals surface area (Å²) >= 11 is 12.1. The van der Waals surface area contributed by atoms with Crippen LogP contribution in [0.2, 0.25) is 10.0 Å². The van der Waals surface area contributed by atoms with E-state index in [-0.39, 0.29) is 31.9 Å². The first-order valence-electron chi connectivity index (χ1n) is 8.21. The van der Waals surface area contributed by atoms with Crippen LogP contribution in [0.3, 0.4) is 0 Å². The molecule has 0 aromatic heterocycles. The number of hydrogen-bond acceptors (Lipinski definition) is 7. The predicted molar refractivity (Wildman–Crippen MR) is 111 cm³/mol. The average molecular weight is 477 g/mol. The van der Waals surface area contributed by atoms with Crippen molar-refractivity contribution in [2.75, 3.05) is 32.6 Å². The number of benzene rings is 2. The number of sulfonamides is 1. The fourth-order valence-electron chi connectivity index (χ4n) is 2.31. The second kappa shape index (κ2) is 9.88. The number of carbonyl (C=O) groups is 2. The molecule has 0 unspecified atom stereocenters. The van der Waals surface area contributed by atoms with Crippen molar-refractivity contribution >= 4 is 50.8 Å². The van der Waals surface area contributed by atoms with Crippen molar-refractivity contribution in [3.63, 3.8) is 0 Å². The Morgan fingerprint density at radius 2 is 1.63 bits per heavy atom. The van der Waals surface area contributed by atoms with Crippen LogP contribution >= 0.6 is 23.2 Å². The van der Waals surface area contributed by atoms with Crippen molar-refractivity contribution < 1.29 is 32.2 Å². The Balaban J connectivity index is 2.36. The largest absolute Gasteiger partial charge is 0.495 e. The molecule has 12 heteroatoms. The highest BCUT2D eigenvalue weighted by Crippen LogP contribution is 2.37. The van der Waals surface area contributed by atoms with Crippen LogP contribution in [0.5, 0.6) is 11.5 Å². The van der Waals surface area contributed by atoms with Gasteiger partial charge < -0.3 is 19.5 Å². The van der Waals surface area contributed by atoms with E-state index in [0.29, 0.717) is 5.75 Å². The van der Waals surface area contributed by atoms with Gasteiger partial charge >= 0.3 is 5.97 Å². The summed E-state index contributed by atoms with van der Waals surface area (Å²) in [6.45, 7) is -0.400. The van der Waals surface area contributed by atoms with Gasteiger partial charge in [0.1, 0.15) is 18.0 Å². The molecular weight excluding hydrogens is 459 g/mol. The third-order valence-electron chi connectivity index (χ3n) is 3.83. The Hall–Kier alpha value is -2.69. The summed E-state index contributed by atoms with van der Waals surface area (Å²) in [6.07, 6.45) is 0. The number of esters is 1. The molecule has 2 N–H and O–H groups in total. The minimum absolute atomic E-state index is 0.00129. The molecule has 2 rings (SSSR count). The van der Waals surface area contributed by atoms with Crippen LogP contribution in [-0.2, 0) is 19.6 Å². The minimum atomic E-state index is -4.15. The van der Waals surface area contributed by atoms with E-state index < -0.39 is 28.4 Å². The molecule has 0 saturated heterocycles. The highest BCUT2D eigenvalue weighted by molar-refractivity contribution is 7.92. The van der Waals surface area contributed by atoms with E-state index in [1.54, 1.807) is 0 Å². The molecule has 0 radical (unpaired) electrons. The lowest BCUT2D eigenvalue weighted by Gasteiger charge is -2.15. The number of ether oxygens (including phenoxy) is 3. The van der Waals surface area contributed by atoms with E-state index in [1.165, 1.54) is 45.6 Å². The Bertz CT molecular complexity index is 1070. The summed E-state index contributed by atoms with van der Waals surface area (Å²) in [5, 5.41) is 2.46. The summed E-state index contributed by atoms with van der Waals surface area (Å²) in [7, 11) is -0.223. The number of amides is 1. The van der Waals surface area contributed by atoms with E-state index in [1.807, 2.05) is 0 Å². The quantitative estimate of drug-likeness (QED) is 0.561. The predicted octanol–water partition coefficient (Wildman–Crippen LogP) is 2.71. The van der Waals surface area contributed by atoms with Gasteiger partial charge in [0.2, 0.25) is 0 Å². The second-order valence-electron chi connectivity index (χ2n) is 5.69. The van der Waals surface area contributed by atoms with Crippen LogP contribution in [0.4, 0.5) is 5.69 Å². The lowest BCUT2D eigenvalue weighted by Crippen LogP contribution is -2.30. The maximum atomic E-state index is 12.8. The number of halogens is 2. The molecule has 0 bridgehead atoms.